The summed E-state index contributed by atoms with van der Waals surface area (Å²) < 4.78 is 0. The molecule has 4 heteroatoms. The summed E-state index contributed by atoms with van der Waals surface area (Å²) in [5, 5.41) is 12.9. The lowest BCUT2D eigenvalue weighted by atomic mass is 9.74. The number of rotatable bonds is 2. The standard InChI is InChI=1S/C18H22N2O2/c1-18(2,3)12-8-10-13(11-9-12)20(22)16-14-6-4-5-7-15(14)19-17(16)21/h4-7,10,12,22H,8-9,11H2,1-3H3. The molecule has 4 nitrogen and oxygen atoms in total. The van der Waals surface area contributed by atoms with E-state index in [-0.39, 0.29) is 17.0 Å². The van der Waals surface area contributed by atoms with Crippen molar-refractivity contribution >= 4 is 11.6 Å². The number of nitrogens with zero attached hydrogens (tertiary/aromatic N) is 2. The van der Waals surface area contributed by atoms with Gasteiger partial charge in [0, 0.05) is 10.9 Å². The second-order valence-electron chi connectivity index (χ2n) is 7.13. The van der Waals surface area contributed by atoms with Crippen molar-refractivity contribution in [1.82, 2.24) is 5.06 Å². The number of benzene rings is 1. The maximum Gasteiger partial charge on any atom is 0.297 e. The van der Waals surface area contributed by atoms with E-state index in [2.05, 4.69) is 31.8 Å². The van der Waals surface area contributed by atoms with Crippen LogP contribution in [0.1, 0.15) is 40.0 Å². The number of allylic oxidation sites excluding steroid dienone is 2. The lowest BCUT2D eigenvalue weighted by Gasteiger charge is -2.34. The molecule has 1 heterocycles. The van der Waals surface area contributed by atoms with Crippen molar-refractivity contribution in [3.8, 4) is 0 Å². The van der Waals surface area contributed by atoms with E-state index in [1.165, 1.54) is 0 Å². The van der Waals surface area contributed by atoms with Gasteiger partial charge in [-0.05, 0) is 36.7 Å². The van der Waals surface area contributed by atoms with Gasteiger partial charge in [-0.25, -0.2) is 10.1 Å². The van der Waals surface area contributed by atoms with Crippen LogP contribution in [-0.2, 0) is 4.79 Å². The predicted molar refractivity (Wildman–Crippen MR) is 84.1 cm³/mol. The lowest BCUT2D eigenvalue weighted by Crippen LogP contribution is -2.31. The molecule has 2 aliphatic rings. The molecule has 0 radical (unpaired) electrons. The van der Waals surface area contributed by atoms with E-state index in [0.29, 0.717) is 16.5 Å². The SMILES string of the molecule is CC(C)(C)C1CC=C(N(O)C2=c3ccccc3=NC2=O)CC1. The van der Waals surface area contributed by atoms with Crippen LogP contribution in [0.4, 0.5) is 0 Å². The van der Waals surface area contributed by atoms with Gasteiger partial charge in [-0.1, -0.05) is 45.0 Å². The molecule has 1 aromatic rings. The average Bonchev–Trinajstić information content (AvgIpc) is 2.81. The molecular formula is C18H22N2O2. The minimum absolute atomic E-state index is 0.264. The quantitative estimate of drug-likeness (QED) is 0.853. The van der Waals surface area contributed by atoms with Crippen LogP contribution in [0.5, 0.6) is 0 Å². The molecule has 1 N–H and O–H groups in total. The fourth-order valence-corrected chi connectivity index (χ4v) is 3.20. The van der Waals surface area contributed by atoms with E-state index >= 15 is 0 Å². The van der Waals surface area contributed by atoms with Crippen LogP contribution in [0.25, 0.3) is 5.70 Å². The first-order chi connectivity index (χ1) is 10.4. The Balaban J connectivity index is 1.91. The highest BCUT2D eigenvalue weighted by atomic mass is 16.5. The highest BCUT2D eigenvalue weighted by Gasteiger charge is 2.30. The Kier molecular flexibility index (Phi) is 3.65. The average molecular weight is 298 g/mol. The van der Waals surface area contributed by atoms with E-state index in [9.17, 15) is 10.0 Å². The fraction of sp³-hybridized carbons (Fsp3) is 0.444. The molecule has 0 saturated carbocycles. The smallest absolute Gasteiger partial charge is 0.284 e. The molecule has 0 saturated heterocycles. The third-order valence-corrected chi connectivity index (χ3v) is 4.68. The van der Waals surface area contributed by atoms with Gasteiger partial charge >= 0.3 is 0 Å². The molecule has 22 heavy (non-hydrogen) atoms. The summed E-state index contributed by atoms with van der Waals surface area (Å²) in [4.78, 5) is 16.1. The summed E-state index contributed by atoms with van der Waals surface area (Å²) in [6, 6.07) is 7.31. The van der Waals surface area contributed by atoms with Crippen molar-refractivity contribution in [3.05, 3.63) is 46.6 Å². The zero-order valence-electron chi connectivity index (χ0n) is 13.3. The molecule has 0 aromatic heterocycles. The van der Waals surface area contributed by atoms with Crippen LogP contribution in [0.3, 0.4) is 0 Å². The number of carbonyl (C=O) groups excluding carboxylic acids is 1. The Labute approximate surface area is 130 Å². The largest absolute Gasteiger partial charge is 0.297 e. The summed E-state index contributed by atoms with van der Waals surface area (Å²) in [7, 11) is 0. The van der Waals surface area contributed by atoms with Gasteiger partial charge in [0.1, 0.15) is 5.70 Å². The molecule has 3 rings (SSSR count). The van der Waals surface area contributed by atoms with Crippen molar-refractivity contribution < 1.29 is 10.0 Å². The number of hydrogen-bond acceptors (Lipinski definition) is 3. The van der Waals surface area contributed by atoms with Crippen LogP contribution < -0.4 is 10.6 Å². The highest BCUT2D eigenvalue weighted by Crippen LogP contribution is 2.38. The van der Waals surface area contributed by atoms with Crippen LogP contribution in [0, 0.1) is 11.3 Å². The molecule has 1 aliphatic heterocycles. The molecule has 0 bridgehead atoms. The molecule has 1 aliphatic carbocycles. The fourth-order valence-electron chi connectivity index (χ4n) is 3.20. The maximum absolute atomic E-state index is 12.1. The molecular weight excluding hydrogens is 276 g/mol. The molecule has 1 aromatic carbocycles. The van der Waals surface area contributed by atoms with Crippen LogP contribution in [0.2, 0.25) is 0 Å². The Morgan fingerprint density at radius 1 is 1.27 bits per heavy atom. The number of hydroxylamine groups is 2. The van der Waals surface area contributed by atoms with Gasteiger partial charge in [-0.15, -0.1) is 0 Å². The van der Waals surface area contributed by atoms with Crippen molar-refractivity contribution in [2.24, 2.45) is 16.3 Å². The molecule has 1 unspecified atom stereocenters. The number of para-hydroxylation sites is 1. The normalized spacial score (nSPS) is 21.3. The molecule has 116 valence electrons. The number of amides is 1. The summed E-state index contributed by atoms with van der Waals surface area (Å²) in [6.45, 7) is 6.74. The topological polar surface area (TPSA) is 52.9 Å². The van der Waals surface area contributed by atoms with Crippen molar-refractivity contribution in [1.29, 1.82) is 0 Å². The van der Waals surface area contributed by atoms with Crippen LogP contribution in [0.15, 0.2) is 41.0 Å². The monoisotopic (exact) mass is 298 g/mol. The highest BCUT2D eigenvalue weighted by molar-refractivity contribution is 6.14. The molecule has 1 amide bonds. The lowest BCUT2D eigenvalue weighted by molar-refractivity contribution is -0.116. The first-order valence-corrected chi connectivity index (χ1v) is 7.78. The first-order valence-electron chi connectivity index (χ1n) is 7.78. The van der Waals surface area contributed by atoms with Crippen LogP contribution >= 0.6 is 0 Å². The second-order valence-corrected chi connectivity index (χ2v) is 7.13. The second kappa shape index (κ2) is 5.36. The first kappa shape index (κ1) is 15.0. The minimum Gasteiger partial charge on any atom is -0.284 e. The molecule has 0 spiro atoms. The van der Waals surface area contributed by atoms with E-state index in [1.807, 2.05) is 18.2 Å². The van der Waals surface area contributed by atoms with E-state index in [1.54, 1.807) is 6.07 Å². The third-order valence-electron chi connectivity index (χ3n) is 4.68. The molecule has 1 atom stereocenters. The maximum atomic E-state index is 12.1. The summed E-state index contributed by atoms with van der Waals surface area (Å²) in [5.74, 6) is 0.230. The van der Waals surface area contributed by atoms with Crippen molar-refractivity contribution in [3.63, 3.8) is 0 Å². The molecule has 0 fully saturated rings. The summed E-state index contributed by atoms with van der Waals surface area (Å²) in [5.41, 5.74) is 1.34. The minimum atomic E-state index is -0.373. The van der Waals surface area contributed by atoms with Gasteiger partial charge < -0.3 is 0 Å². The number of hydrogen-bond donors (Lipinski definition) is 1. The van der Waals surface area contributed by atoms with Gasteiger partial charge in [0.05, 0.1) is 5.36 Å². The Bertz CT molecular complexity index is 756. The predicted octanol–water partition coefficient (Wildman–Crippen LogP) is 2.38. The zero-order chi connectivity index (χ0) is 15.9. The Morgan fingerprint density at radius 2 is 2.00 bits per heavy atom. The zero-order valence-corrected chi connectivity index (χ0v) is 13.3. The Morgan fingerprint density at radius 3 is 2.64 bits per heavy atom. The van der Waals surface area contributed by atoms with E-state index < -0.39 is 0 Å². The Hall–Kier alpha value is -1.94. The van der Waals surface area contributed by atoms with Crippen LogP contribution in [-0.4, -0.2) is 16.2 Å². The van der Waals surface area contributed by atoms with Crippen molar-refractivity contribution in [2.75, 3.05) is 0 Å². The van der Waals surface area contributed by atoms with E-state index in [4.69, 9.17) is 0 Å². The summed E-state index contributed by atoms with van der Waals surface area (Å²) in [6.07, 6.45) is 4.78. The number of fused-ring (bicyclic) bond motifs is 1. The third kappa shape index (κ3) is 2.59. The number of carbonyl (C=O) groups is 1. The van der Waals surface area contributed by atoms with Gasteiger partial charge in [-0.2, -0.15) is 0 Å². The summed E-state index contributed by atoms with van der Waals surface area (Å²) >= 11 is 0. The van der Waals surface area contributed by atoms with E-state index in [0.717, 1.165) is 30.0 Å². The van der Waals surface area contributed by atoms with Crippen molar-refractivity contribution in [2.45, 2.75) is 40.0 Å². The van der Waals surface area contributed by atoms with Gasteiger partial charge in [0.25, 0.3) is 5.91 Å². The van der Waals surface area contributed by atoms with Gasteiger partial charge in [-0.3, -0.25) is 10.0 Å². The van der Waals surface area contributed by atoms with Gasteiger partial charge in [0.2, 0.25) is 0 Å². The van der Waals surface area contributed by atoms with Gasteiger partial charge in [0.15, 0.2) is 0 Å².